The zero-order valence-corrected chi connectivity index (χ0v) is 14.2. The highest BCUT2D eigenvalue weighted by Gasteiger charge is 2.25. The number of aromatic nitrogens is 2. The predicted octanol–water partition coefficient (Wildman–Crippen LogP) is 2.68. The van der Waals surface area contributed by atoms with E-state index in [2.05, 4.69) is 37.8 Å². The second-order valence-electron chi connectivity index (χ2n) is 6.39. The molecule has 2 aliphatic heterocycles. The zero-order valence-electron chi connectivity index (χ0n) is 13.4. The van der Waals surface area contributed by atoms with Crippen molar-refractivity contribution >= 4 is 11.8 Å². The van der Waals surface area contributed by atoms with Gasteiger partial charge in [-0.3, -0.25) is 14.9 Å². The van der Waals surface area contributed by atoms with E-state index in [0.717, 1.165) is 42.9 Å². The largest absolute Gasteiger partial charge is 0.458 e. The molecule has 5 nitrogen and oxygen atoms in total. The van der Waals surface area contributed by atoms with Crippen molar-refractivity contribution in [1.29, 1.82) is 0 Å². The minimum Gasteiger partial charge on any atom is -0.458 e. The van der Waals surface area contributed by atoms with Gasteiger partial charge in [0.05, 0.1) is 6.54 Å². The highest BCUT2D eigenvalue weighted by molar-refractivity contribution is 7.99. The fourth-order valence-electron chi connectivity index (χ4n) is 3.56. The number of furan rings is 1. The average molecular weight is 332 g/mol. The molecule has 0 saturated carbocycles. The standard InChI is InChI=1S/C17H24N4OS/c1-2-17(16-3-6-18-19-16)22-15(1)13-20-7-9-21(10-8-20)14-4-11-23-12-5-14/h1-3,6,14H,4-5,7-13H2,(H,18,19). The Hall–Kier alpha value is -1.24. The van der Waals surface area contributed by atoms with Gasteiger partial charge in [-0.05, 0) is 42.5 Å². The molecule has 4 heterocycles. The molecule has 0 aliphatic carbocycles. The lowest BCUT2D eigenvalue weighted by atomic mass is 10.1. The van der Waals surface area contributed by atoms with Crippen LogP contribution >= 0.6 is 11.8 Å². The number of H-pyrrole nitrogens is 1. The number of aromatic amines is 1. The van der Waals surface area contributed by atoms with Gasteiger partial charge in [0, 0.05) is 38.4 Å². The number of nitrogens with zero attached hydrogens (tertiary/aromatic N) is 3. The molecule has 0 spiro atoms. The Labute approximate surface area is 141 Å². The first kappa shape index (κ1) is 15.3. The summed E-state index contributed by atoms with van der Waals surface area (Å²) in [5, 5.41) is 6.92. The number of hydrogen-bond donors (Lipinski definition) is 1. The molecule has 2 saturated heterocycles. The molecule has 124 valence electrons. The van der Waals surface area contributed by atoms with E-state index in [4.69, 9.17) is 4.42 Å². The Bertz CT molecular complexity index is 598. The van der Waals surface area contributed by atoms with Crippen molar-refractivity contribution in [1.82, 2.24) is 20.0 Å². The first-order valence-corrected chi connectivity index (χ1v) is 9.66. The van der Waals surface area contributed by atoms with E-state index in [1.54, 1.807) is 6.20 Å². The van der Waals surface area contributed by atoms with Gasteiger partial charge in [-0.25, -0.2) is 0 Å². The van der Waals surface area contributed by atoms with E-state index in [1.165, 1.54) is 37.4 Å². The van der Waals surface area contributed by atoms with Crippen molar-refractivity contribution in [2.24, 2.45) is 0 Å². The monoisotopic (exact) mass is 332 g/mol. The van der Waals surface area contributed by atoms with Crippen LogP contribution in [0.3, 0.4) is 0 Å². The molecule has 4 rings (SSSR count). The van der Waals surface area contributed by atoms with Gasteiger partial charge in [0.2, 0.25) is 0 Å². The average Bonchev–Trinajstić information content (AvgIpc) is 3.28. The quantitative estimate of drug-likeness (QED) is 0.933. The summed E-state index contributed by atoms with van der Waals surface area (Å²) in [4.78, 5) is 5.21. The maximum absolute atomic E-state index is 5.94. The second kappa shape index (κ2) is 7.11. The lowest BCUT2D eigenvalue weighted by Crippen LogP contribution is -2.50. The van der Waals surface area contributed by atoms with Crippen LogP contribution in [0.4, 0.5) is 0 Å². The Morgan fingerprint density at radius 3 is 2.70 bits per heavy atom. The van der Waals surface area contributed by atoms with Gasteiger partial charge >= 0.3 is 0 Å². The minimum absolute atomic E-state index is 0.828. The Kier molecular flexibility index (Phi) is 4.73. The van der Waals surface area contributed by atoms with Crippen molar-refractivity contribution in [3.8, 4) is 11.5 Å². The van der Waals surface area contributed by atoms with E-state index >= 15 is 0 Å². The van der Waals surface area contributed by atoms with Crippen molar-refractivity contribution in [2.45, 2.75) is 25.4 Å². The third-order valence-electron chi connectivity index (χ3n) is 4.92. The van der Waals surface area contributed by atoms with Gasteiger partial charge in [-0.1, -0.05) is 0 Å². The third kappa shape index (κ3) is 3.65. The van der Waals surface area contributed by atoms with E-state index < -0.39 is 0 Å². The van der Waals surface area contributed by atoms with Gasteiger partial charge < -0.3 is 4.42 Å². The van der Waals surface area contributed by atoms with Crippen LogP contribution < -0.4 is 0 Å². The summed E-state index contributed by atoms with van der Waals surface area (Å²) in [6.45, 7) is 5.59. The maximum Gasteiger partial charge on any atom is 0.152 e. The van der Waals surface area contributed by atoms with Crippen LogP contribution in [0, 0.1) is 0 Å². The van der Waals surface area contributed by atoms with Crippen LogP contribution in [0.25, 0.3) is 11.5 Å². The second-order valence-corrected chi connectivity index (χ2v) is 7.62. The van der Waals surface area contributed by atoms with Crippen molar-refractivity contribution in [2.75, 3.05) is 37.7 Å². The minimum atomic E-state index is 0.828. The van der Waals surface area contributed by atoms with E-state index in [0.29, 0.717) is 0 Å². The third-order valence-corrected chi connectivity index (χ3v) is 5.97. The molecule has 1 N–H and O–H groups in total. The summed E-state index contributed by atoms with van der Waals surface area (Å²) < 4.78 is 5.94. The summed E-state index contributed by atoms with van der Waals surface area (Å²) in [6, 6.07) is 6.87. The summed E-state index contributed by atoms with van der Waals surface area (Å²) in [5.41, 5.74) is 0.941. The highest BCUT2D eigenvalue weighted by Crippen LogP contribution is 2.24. The van der Waals surface area contributed by atoms with E-state index in [-0.39, 0.29) is 0 Å². The molecular weight excluding hydrogens is 308 g/mol. The highest BCUT2D eigenvalue weighted by atomic mass is 32.2. The Balaban J connectivity index is 1.29. The van der Waals surface area contributed by atoms with Gasteiger partial charge in [-0.2, -0.15) is 16.9 Å². The molecule has 0 radical (unpaired) electrons. The molecule has 0 amide bonds. The number of rotatable bonds is 4. The zero-order chi connectivity index (χ0) is 15.5. The van der Waals surface area contributed by atoms with Crippen LogP contribution in [-0.4, -0.2) is 63.7 Å². The Morgan fingerprint density at radius 2 is 1.96 bits per heavy atom. The molecule has 2 aromatic heterocycles. The number of hydrogen-bond acceptors (Lipinski definition) is 5. The molecule has 2 aliphatic rings. The van der Waals surface area contributed by atoms with Crippen LogP contribution in [0.2, 0.25) is 0 Å². The van der Waals surface area contributed by atoms with Crippen LogP contribution in [0.15, 0.2) is 28.8 Å². The summed E-state index contributed by atoms with van der Waals surface area (Å²) in [7, 11) is 0. The topological polar surface area (TPSA) is 48.3 Å². The van der Waals surface area contributed by atoms with Crippen molar-refractivity contribution in [3.05, 3.63) is 30.2 Å². The molecule has 0 aromatic carbocycles. The lowest BCUT2D eigenvalue weighted by Gasteiger charge is -2.40. The van der Waals surface area contributed by atoms with Gasteiger partial charge in [0.1, 0.15) is 11.5 Å². The number of piperazine rings is 1. The van der Waals surface area contributed by atoms with E-state index in [1.807, 2.05) is 12.1 Å². The maximum atomic E-state index is 5.94. The number of nitrogens with one attached hydrogen (secondary N) is 1. The Morgan fingerprint density at radius 1 is 1.13 bits per heavy atom. The molecule has 0 bridgehead atoms. The van der Waals surface area contributed by atoms with Gasteiger partial charge in [0.15, 0.2) is 5.76 Å². The molecule has 2 fully saturated rings. The normalized spacial score (nSPS) is 21.7. The summed E-state index contributed by atoms with van der Waals surface area (Å²) in [5.74, 6) is 4.59. The summed E-state index contributed by atoms with van der Waals surface area (Å²) >= 11 is 2.11. The van der Waals surface area contributed by atoms with Gasteiger partial charge in [-0.15, -0.1) is 0 Å². The van der Waals surface area contributed by atoms with E-state index in [9.17, 15) is 0 Å². The fraction of sp³-hybridized carbons (Fsp3) is 0.588. The molecule has 23 heavy (non-hydrogen) atoms. The van der Waals surface area contributed by atoms with Crippen molar-refractivity contribution < 1.29 is 4.42 Å². The van der Waals surface area contributed by atoms with Crippen molar-refractivity contribution in [3.63, 3.8) is 0 Å². The van der Waals surface area contributed by atoms with Gasteiger partial charge in [0.25, 0.3) is 0 Å². The summed E-state index contributed by atoms with van der Waals surface area (Å²) in [6.07, 6.45) is 4.49. The molecule has 0 unspecified atom stereocenters. The van der Waals surface area contributed by atoms with Crippen LogP contribution in [0.1, 0.15) is 18.6 Å². The molecule has 2 aromatic rings. The van der Waals surface area contributed by atoms with Crippen LogP contribution in [-0.2, 0) is 6.54 Å². The predicted molar refractivity (Wildman–Crippen MR) is 93.5 cm³/mol. The molecular formula is C17H24N4OS. The molecule has 6 heteroatoms. The first-order chi connectivity index (χ1) is 11.4. The lowest BCUT2D eigenvalue weighted by molar-refractivity contribution is 0.0841. The fourth-order valence-corrected chi connectivity index (χ4v) is 4.64. The van der Waals surface area contributed by atoms with Crippen LogP contribution in [0.5, 0.6) is 0 Å². The molecule has 0 atom stereocenters. The number of thioether (sulfide) groups is 1. The smallest absolute Gasteiger partial charge is 0.152 e. The first-order valence-electron chi connectivity index (χ1n) is 8.51. The SMILES string of the molecule is c1cc(-c2ccc(CN3CCN(C4CCSCC4)CC3)o2)[nH]n1.